The van der Waals surface area contributed by atoms with Crippen molar-refractivity contribution in [2.75, 3.05) is 20.8 Å². The second-order valence-corrected chi connectivity index (χ2v) is 14.8. The summed E-state index contributed by atoms with van der Waals surface area (Å²) in [4.78, 5) is 0. The van der Waals surface area contributed by atoms with Gasteiger partial charge in [0.25, 0.3) is 0 Å². The normalized spacial score (nSPS) is 25.7. The SMILES string of the molecule is CCCC[Si](C)(C)c1cc(OC)c([C@H]2C=C(CO)[C@H]3C[C@@H]2C3(C)C)c(OC)c1. The van der Waals surface area contributed by atoms with Gasteiger partial charge < -0.3 is 14.6 Å². The third-order valence-electron chi connectivity index (χ3n) is 7.61. The zero-order chi connectivity index (χ0) is 20.7. The molecule has 3 nitrogen and oxygen atoms in total. The van der Waals surface area contributed by atoms with Gasteiger partial charge in [-0.05, 0) is 41.4 Å². The molecular weight excluding hydrogens is 364 g/mol. The molecule has 3 aliphatic rings. The monoisotopic (exact) mass is 402 g/mol. The summed E-state index contributed by atoms with van der Waals surface area (Å²) < 4.78 is 11.9. The first-order valence-electron chi connectivity index (χ1n) is 10.8. The van der Waals surface area contributed by atoms with Crippen molar-refractivity contribution in [2.24, 2.45) is 17.3 Å². The minimum absolute atomic E-state index is 0.150. The van der Waals surface area contributed by atoms with Gasteiger partial charge in [0, 0.05) is 11.5 Å². The molecule has 1 aromatic carbocycles. The van der Waals surface area contributed by atoms with Crippen molar-refractivity contribution in [3.05, 3.63) is 29.3 Å². The Balaban J connectivity index is 2.09. The highest BCUT2D eigenvalue weighted by molar-refractivity contribution is 6.89. The van der Waals surface area contributed by atoms with E-state index in [4.69, 9.17) is 9.47 Å². The molecule has 0 spiro atoms. The zero-order valence-corrected chi connectivity index (χ0v) is 19.8. The molecule has 1 N–H and O–H groups in total. The lowest BCUT2D eigenvalue weighted by Gasteiger charge is -2.59. The molecule has 3 atom stereocenters. The molecule has 1 saturated carbocycles. The molecule has 4 heteroatoms. The summed E-state index contributed by atoms with van der Waals surface area (Å²) in [7, 11) is 2.01. The number of fused-ring (bicyclic) bond motifs is 1. The van der Waals surface area contributed by atoms with Crippen LogP contribution < -0.4 is 14.7 Å². The van der Waals surface area contributed by atoms with E-state index in [1.807, 2.05) is 0 Å². The molecule has 0 heterocycles. The van der Waals surface area contributed by atoms with Gasteiger partial charge in [0.05, 0.1) is 28.9 Å². The van der Waals surface area contributed by atoms with Crippen LogP contribution in [0.15, 0.2) is 23.8 Å². The summed E-state index contributed by atoms with van der Waals surface area (Å²) >= 11 is 0. The number of benzene rings is 1. The van der Waals surface area contributed by atoms with Crippen molar-refractivity contribution >= 4 is 13.3 Å². The minimum Gasteiger partial charge on any atom is -0.496 e. The number of methoxy groups -OCH3 is 2. The molecule has 0 radical (unpaired) electrons. The van der Waals surface area contributed by atoms with Crippen LogP contribution in [0.4, 0.5) is 0 Å². The van der Waals surface area contributed by atoms with Crippen molar-refractivity contribution in [3.8, 4) is 11.5 Å². The maximum atomic E-state index is 9.94. The van der Waals surface area contributed by atoms with Crippen LogP contribution in [0.3, 0.4) is 0 Å². The molecule has 0 amide bonds. The third-order valence-corrected chi connectivity index (χ3v) is 11.1. The summed E-state index contributed by atoms with van der Waals surface area (Å²) in [6, 6.07) is 5.85. The second-order valence-electron chi connectivity index (χ2n) is 9.92. The number of hydrogen-bond donors (Lipinski definition) is 1. The fraction of sp³-hybridized carbons (Fsp3) is 0.667. The molecule has 4 rings (SSSR count). The number of unbranched alkanes of at least 4 members (excludes halogenated alkanes) is 1. The predicted molar refractivity (Wildman–Crippen MR) is 120 cm³/mol. The average Bonchev–Trinajstić information content (AvgIpc) is 2.70. The van der Waals surface area contributed by atoms with E-state index in [0.717, 1.165) is 23.5 Å². The van der Waals surface area contributed by atoms with E-state index in [-0.39, 0.29) is 17.9 Å². The zero-order valence-electron chi connectivity index (χ0n) is 18.8. The van der Waals surface area contributed by atoms with Crippen LogP contribution in [0.1, 0.15) is 51.5 Å². The van der Waals surface area contributed by atoms with E-state index in [9.17, 15) is 5.11 Å². The molecule has 0 aliphatic heterocycles. The largest absolute Gasteiger partial charge is 0.496 e. The van der Waals surface area contributed by atoms with Gasteiger partial charge in [-0.25, -0.2) is 0 Å². The third kappa shape index (κ3) is 3.43. The van der Waals surface area contributed by atoms with Crippen molar-refractivity contribution in [1.29, 1.82) is 0 Å². The average molecular weight is 403 g/mol. The number of allylic oxidation sites excluding steroid dienone is 1. The molecule has 0 unspecified atom stereocenters. The van der Waals surface area contributed by atoms with Gasteiger partial charge in [-0.3, -0.25) is 0 Å². The van der Waals surface area contributed by atoms with Crippen LogP contribution in [-0.2, 0) is 0 Å². The highest BCUT2D eigenvalue weighted by Gasteiger charge is 2.56. The first kappa shape index (κ1) is 21.4. The summed E-state index contributed by atoms with van der Waals surface area (Å²) in [5.74, 6) is 3.21. The number of aliphatic hydroxyl groups is 1. The fourth-order valence-electron chi connectivity index (χ4n) is 5.53. The Bertz CT molecular complexity index is 725. The highest BCUT2D eigenvalue weighted by atomic mass is 28.3. The van der Waals surface area contributed by atoms with Crippen LogP contribution in [0, 0.1) is 17.3 Å². The summed E-state index contributed by atoms with van der Waals surface area (Å²) in [5.41, 5.74) is 2.56. The Hall–Kier alpha value is -1.26. The van der Waals surface area contributed by atoms with Crippen molar-refractivity contribution in [2.45, 2.75) is 65.1 Å². The Morgan fingerprint density at radius 2 is 1.75 bits per heavy atom. The highest BCUT2D eigenvalue weighted by Crippen LogP contribution is 2.64. The molecule has 1 fully saturated rings. The lowest BCUT2D eigenvalue weighted by atomic mass is 9.45. The van der Waals surface area contributed by atoms with Crippen LogP contribution >= 0.6 is 0 Å². The molecule has 156 valence electrons. The molecule has 2 bridgehead atoms. The summed E-state index contributed by atoms with van der Waals surface area (Å²) in [6.07, 6.45) is 5.95. The van der Waals surface area contributed by atoms with Crippen molar-refractivity contribution in [1.82, 2.24) is 0 Å². The Morgan fingerprint density at radius 1 is 1.14 bits per heavy atom. The van der Waals surface area contributed by atoms with Gasteiger partial charge in [0.2, 0.25) is 0 Å². The number of rotatable bonds is 8. The predicted octanol–water partition coefficient (Wildman–Crippen LogP) is 5.10. The van der Waals surface area contributed by atoms with Gasteiger partial charge in [-0.1, -0.05) is 64.0 Å². The Kier molecular flexibility index (Phi) is 6.03. The fourth-order valence-corrected chi connectivity index (χ4v) is 8.10. The maximum absolute atomic E-state index is 9.94. The van der Waals surface area contributed by atoms with Crippen molar-refractivity contribution < 1.29 is 14.6 Å². The quantitative estimate of drug-likeness (QED) is 0.486. The first-order chi connectivity index (χ1) is 13.2. The van der Waals surface area contributed by atoms with Gasteiger partial charge in [-0.2, -0.15) is 0 Å². The first-order valence-corrected chi connectivity index (χ1v) is 14.0. The summed E-state index contributed by atoms with van der Waals surface area (Å²) in [6.45, 7) is 12.0. The van der Waals surface area contributed by atoms with Gasteiger partial charge in [0.15, 0.2) is 0 Å². The van der Waals surface area contributed by atoms with Crippen LogP contribution in [-0.4, -0.2) is 34.0 Å². The van der Waals surface area contributed by atoms with Crippen LogP contribution in [0.25, 0.3) is 0 Å². The topological polar surface area (TPSA) is 38.7 Å². The molecule has 3 aliphatic carbocycles. The lowest BCUT2D eigenvalue weighted by Crippen LogP contribution is -2.52. The number of hydrogen-bond acceptors (Lipinski definition) is 3. The molecule has 1 aromatic rings. The van der Waals surface area contributed by atoms with E-state index < -0.39 is 8.07 Å². The second kappa shape index (κ2) is 7.87. The molecule has 0 saturated heterocycles. The Labute approximate surface area is 172 Å². The van der Waals surface area contributed by atoms with E-state index >= 15 is 0 Å². The van der Waals surface area contributed by atoms with E-state index in [1.54, 1.807) is 14.2 Å². The lowest BCUT2D eigenvalue weighted by molar-refractivity contribution is -0.0260. The van der Waals surface area contributed by atoms with Gasteiger partial charge in [0.1, 0.15) is 11.5 Å². The Morgan fingerprint density at radius 3 is 2.21 bits per heavy atom. The van der Waals surface area contributed by atoms with E-state index in [0.29, 0.717) is 11.8 Å². The van der Waals surface area contributed by atoms with Gasteiger partial charge >= 0.3 is 0 Å². The number of ether oxygens (including phenoxy) is 2. The number of aliphatic hydroxyl groups excluding tert-OH is 1. The van der Waals surface area contributed by atoms with E-state index in [1.165, 1.54) is 29.6 Å². The van der Waals surface area contributed by atoms with Gasteiger partial charge in [-0.15, -0.1) is 0 Å². The molecule has 28 heavy (non-hydrogen) atoms. The molecule has 0 aromatic heterocycles. The maximum Gasteiger partial charge on any atom is 0.126 e. The van der Waals surface area contributed by atoms with E-state index in [2.05, 4.69) is 52.1 Å². The minimum atomic E-state index is -1.54. The van der Waals surface area contributed by atoms with Crippen molar-refractivity contribution in [3.63, 3.8) is 0 Å². The van der Waals surface area contributed by atoms with Crippen LogP contribution in [0.2, 0.25) is 19.1 Å². The standard InChI is InChI=1S/C24H38O3Si/c1-8-9-10-28(6,7)17-12-21(26-4)23(22(13-17)27-5)18-11-16(15-25)19-14-20(18)24(19,2)3/h11-13,18-20,25H,8-10,14-15H2,1-7H3/t18-,19+,20-/m0/s1. The molecular formula is C24H38O3Si. The smallest absolute Gasteiger partial charge is 0.126 e. The van der Waals surface area contributed by atoms with Crippen LogP contribution in [0.5, 0.6) is 11.5 Å². The summed E-state index contributed by atoms with van der Waals surface area (Å²) in [5, 5.41) is 11.4.